The Hall–Kier alpha value is -5.02. The molecule has 0 aliphatic heterocycles. The molecule has 4 aromatic heterocycles. The molecule has 18 heteroatoms. The van der Waals surface area contributed by atoms with Crippen molar-refractivity contribution in [1.82, 2.24) is 35.2 Å². The molecule has 0 spiro atoms. The summed E-state index contributed by atoms with van der Waals surface area (Å²) in [6.45, 7) is 2.56. The van der Waals surface area contributed by atoms with Gasteiger partial charge in [-0.05, 0) is 68.7 Å². The molecular formula is C38H37Cl4N9O5. The number of H-pyrrole nitrogens is 2. The zero-order valence-electron chi connectivity index (χ0n) is 30.4. The van der Waals surface area contributed by atoms with Crippen LogP contribution in [0.15, 0.2) is 36.9 Å². The number of aromatic nitrogens is 6. The summed E-state index contributed by atoms with van der Waals surface area (Å²) in [6.07, 6.45) is 6.89. The van der Waals surface area contributed by atoms with E-state index in [9.17, 15) is 14.7 Å². The Kier molecular flexibility index (Phi) is 11.6. The van der Waals surface area contributed by atoms with Crippen molar-refractivity contribution in [2.75, 3.05) is 31.4 Å². The van der Waals surface area contributed by atoms with Gasteiger partial charge in [0.05, 0.1) is 62.4 Å². The summed E-state index contributed by atoms with van der Waals surface area (Å²) >= 11 is 24.5. The van der Waals surface area contributed by atoms with Gasteiger partial charge in [0, 0.05) is 36.0 Å². The summed E-state index contributed by atoms with van der Waals surface area (Å²) < 4.78 is 10.8. The molecule has 0 saturated carbocycles. The molecule has 2 aliphatic carbocycles. The van der Waals surface area contributed by atoms with Gasteiger partial charge in [0.2, 0.25) is 5.91 Å². The third kappa shape index (κ3) is 7.83. The minimum absolute atomic E-state index is 0.0611. The van der Waals surface area contributed by atoms with E-state index in [0.717, 1.165) is 51.8 Å². The number of methoxy groups -OCH3 is 2. The summed E-state index contributed by atoms with van der Waals surface area (Å²) in [5, 5.41) is 22.1. The highest BCUT2D eigenvalue weighted by Crippen LogP contribution is 2.41. The highest BCUT2D eigenvalue weighted by Gasteiger charge is 2.30. The molecule has 2 aliphatic rings. The van der Waals surface area contributed by atoms with Gasteiger partial charge in [-0.15, -0.1) is 0 Å². The van der Waals surface area contributed by atoms with Gasteiger partial charge < -0.3 is 40.5 Å². The second kappa shape index (κ2) is 16.6. The van der Waals surface area contributed by atoms with Crippen molar-refractivity contribution in [3.8, 4) is 11.5 Å². The van der Waals surface area contributed by atoms with E-state index in [1.165, 1.54) is 19.8 Å². The van der Waals surface area contributed by atoms with Crippen LogP contribution in [0, 0.1) is 11.8 Å². The van der Waals surface area contributed by atoms with E-state index in [0.29, 0.717) is 92.5 Å². The molecule has 14 nitrogen and oxygen atoms in total. The zero-order valence-corrected chi connectivity index (χ0v) is 33.5. The number of hydrogen-bond acceptors (Lipinski definition) is 10. The molecule has 0 bridgehead atoms. The molecule has 8 rings (SSSR count). The summed E-state index contributed by atoms with van der Waals surface area (Å²) in [5.74, 6) is 1.08. The number of carbonyl (C=O) groups excluding carboxylic acids is 1. The Morgan fingerprint density at radius 3 is 1.62 bits per heavy atom. The molecular weight excluding hydrogens is 804 g/mol. The van der Waals surface area contributed by atoms with Crippen LogP contribution in [0.1, 0.15) is 42.3 Å². The smallest absolute Gasteiger partial charge is 0.306 e. The fourth-order valence-electron chi connectivity index (χ4n) is 7.27. The number of aryl methyl sites for hydroxylation is 2. The maximum atomic E-state index is 12.4. The van der Waals surface area contributed by atoms with Gasteiger partial charge in [0.1, 0.15) is 47.1 Å². The normalized spacial score (nSPS) is 16.0. The summed E-state index contributed by atoms with van der Waals surface area (Å²) in [4.78, 5) is 48.0. The molecule has 0 saturated heterocycles. The predicted molar refractivity (Wildman–Crippen MR) is 218 cm³/mol. The average Bonchev–Trinajstić information content (AvgIpc) is 3.76. The van der Waals surface area contributed by atoms with Gasteiger partial charge >= 0.3 is 5.97 Å². The number of nitrogens with one attached hydrogen (secondary N) is 5. The third-order valence-corrected chi connectivity index (χ3v) is 11.5. The first kappa shape index (κ1) is 39.2. The quantitative estimate of drug-likeness (QED) is 0.0819. The van der Waals surface area contributed by atoms with Crippen LogP contribution in [0.3, 0.4) is 0 Å². The number of carboxylic acids is 1. The van der Waals surface area contributed by atoms with Crippen LogP contribution >= 0.6 is 46.4 Å². The monoisotopic (exact) mass is 839 g/mol. The SMILES string of the molecule is CCNC(=O)C1CCc2[nH]c3ncnc(Nc4cc(Cl)c(Cl)cc4OC)c3c2C1.COc1cc(Cl)c(Cl)cc1Nc1ncnc2[nH]c3c(c12)CC(C(=O)O)CC3. The van der Waals surface area contributed by atoms with Gasteiger partial charge in [-0.1, -0.05) is 46.4 Å². The molecule has 4 heterocycles. The first-order valence-corrected chi connectivity index (χ1v) is 19.3. The van der Waals surface area contributed by atoms with Gasteiger partial charge in [-0.3, -0.25) is 9.59 Å². The first-order valence-electron chi connectivity index (χ1n) is 17.8. The number of nitrogens with zero attached hydrogens (tertiary/aromatic N) is 4. The Morgan fingerprint density at radius 2 is 1.18 bits per heavy atom. The van der Waals surface area contributed by atoms with Crippen molar-refractivity contribution in [2.24, 2.45) is 11.8 Å². The number of rotatable bonds is 9. The molecule has 292 valence electrons. The molecule has 2 aromatic carbocycles. The van der Waals surface area contributed by atoms with Gasteiger partial charge in [0.25, 0.3) is 0 Å². The highest BCUT2D eigenvalue weighted by molar-refractivity contribution is 6.43. The summed E-state index contributed by atoms with van der Waals surface area (Å²) in [5.41, 5.74) is 6.78. The van der Waals surface area contributed by atoms with E-state index >= 15 is 0 Å². The Bertz CT molecular complexity index is 2470. The van der Waals surface area contributed by atoms with E-state index in [1.54, 1.807) is 31.4 Å². The summed E-state index contributed by atoms with van der Waals surface area (Å²) in [7, 11) is 3.10. The fraction of sp³-hybridized carbons (Fsp3) is 0.316. The van der Waals surface area contributed by atoms with E-state index in [-0.39, 0.29) is 11.8 Å². The number of amides is 1. The number of benzene rings is 2. The van der Waals surface area contributed by atoms with Crippen LogP contribution in [-0.4, -0.2) is 67.7 Å². The van der Waals surface area contributed by atoms with Crippen molar-refractivity contribution >= 4 is 103 Å². The molecule has 6 N–H and O–H groups in total. The van der Waals surface area contributed by atoms with Crippen LogP contribution in [0.4, 0.5) is 23.0 Å². The van der Waals surface area contributed by atoms with Crippen LogP contribution in [0.2, 0.25) is 20.1 Å². The Balaban J connectivity index is 0.000000172. The van der Waals surface area contributed by atoms with E-state index in [4.69, 9.17) is 55.9 Å². The summed E-state index contributed by atoms with van der Waals surface area (Å²) in [6, 6.07) is 6.64. The van der Waals surface area contributed by atoms with Gasteiger partial charge in [0.15, 0.2) is 0 Å². The largest absolute Gasteiger partial charge is 0.495 e. The second-order valence-electron chi connectivity index (χ2n) is 13.4. The predicted octanol–water partition coefficient (Wildman–Crippen LogP) is 8.46. The molecule has 6 aromatic rings. The van der Waals surface area contributed by atoms with Crippen LogP contribution in [0.25, 0.3) is 22.1 Å². The second-order valence-corrected chi connectivity index (χ2v) is 15.0. The molecule has 56 heavy (non-hydrogen) atoms. The third-order valence-electron chi connectivity index (χ3n) is 10.0. The van der Waals surface area contributed by atoms with Crippen LogP contribution in [-0.2, 0) is 35.3 Å². The molecule has 0 radical (unpaired) electrons. The lowest BCUT2D eigenvalue weighted by Gasteiger charge is -2.22. The van der Waals surface area contributed by atoms with Crippen molar-refractivity contribution in [3.05, 3.63) is 79.5 Å². The first-order chi connectivity index (χ1) is 27.0. The number of fused-ring (bicyclic) bond motifs is 6. The lowest BCUT2D eigenvalue weighted by atomic mass is 9.86. The average molecular weight is 842 g/mol. The lowest BCUT2D eigenvalue weighted by molar-refractivity contribution is -0.142. The Labute approximate surface area is 341 Å². The number of halogens is 4. The number of ether oxygens (including phenoxy) is 2. The molecule has 0 fully saturated rings. The minimum atomic E-state index is -0.785. The molecule has 1 amide bonds. The maximum absolute atomic E-state index is 12.4. The fourth-order valence-corrected chi connectivity index (χ4v) is 7.91. The van der Waals surface area contributed by atoms with Crippen LogP contribution < -0.4 is 25.4 Å². The standard InChI is InChI=1S/C20H21Cl2N5O2.C18H16Cl2N4O3/c1-3-23-20(28)10-4-5-14-11(6-10)17-18(26-14)24-9-25-19(17)27-15-7-12(21)13(22)8-16(15)29-2;1-27-14-6-11(20)10(19)5-13(14)24-17-15-9-4-8(18(25)26)2-3-12(9)23-16(15)21-7-22-17/h7-10H,3-6H2,1-2H3,(H,23,28)(H2,24,25,26,27);5-8H,2-4H2,1H3,(H,25,26)(H2,21,22,23,24). The van der Waals surface area contributed by atoms with E-state index in [1.807, 2.05) is 6.92 Å². The van der Waals surface area contributed by atoms with Crippen LogP contribution in [0.5, 0.6) is 11.5 Å². The number of carboxylic acid groups (broad SMARTS) is 1. The highest BCUT2D eigenvalue weighted by atomic mass is 35.5. The van der Waals surface area contributed by atoms with Crippen molar-refractivity contribution in [2.45, 2.75) is 45.4 Å². The number of anilines is 4. The minimum Gasteiger partial charge on any atom is -0.495 e. The maximum Gasteiger partial charge on any atom is 0.306 e. The number of aliphatic carboxylic acids is 1. The molecule has 2 unspecified atom stereocenters. The Morgan fingerprint density at radius 1 is 0.732 bits per heavy atom. The van der Waals surface area contributed by atoms with Crippen molar-refractivity contribution in [3.63, 3.8) is 0 Å². The van der Waals surface area contributed by atoms with Gasteiger partial charge in [-0.25, -0.2) is 19.9 Å². The van der Waals surface area contributed by atoms with E-state index in [2.05, 4.69) is 45.9 Å². The van der Waals surface area contributed by atoms with Gasteiger partial charge in [-0.2, -0.15) is 0 Å². The number of carbonyl (C=O) groups is 2. The zero-order chi connectivity index (χ0) is 39.7. The van der Waals surface area contributed by atoms with E-state index < -0.39 is 11.9 Å². The van der Waals surface area contributed by atoms with Crippen molar-refractivity contribution < 1.29 is 24.2 Å². The topological polar surface area (TPSA) is 192 Å². The molecule has 2 atom stereocenters. The number of aromatic amines is 2. The number of hydrogen-bond donors (Lipinski definition) is 6. The van der Waals surface area contributed by atoms with Crippen molar-refractivity contribution in [1.29, 1.82) is 0 Å². The lowest BCUT2D eigenvalue weighted by Crippen LogP contribution is -2.33.